The fraction of sp³-hybridized carbons (Fsp3) is 0.722. The molecule has 0 aromatic rings. The third kappa shape index (κ3) is 14.8. The molecule has 0 aromatic carbocycles. The van der Waals surface area contributed by atoms with E-state index in [2.05, 4.69) is 16.6 Å². The van der Waals surface area contributed by atoms with Gasteiger partial charge in [0.05, 0.1) is 19.8 Å². The van der Waals surface area contributed by atoms with Crippen LogP contribution >= 0.6 is 0 Å². The van der Waals surface area contributed by atoms with E-state index in [0.717, 1.165) is 6.42 Å². The highest BCUT2D eigenvalue weighted by Crippen LogP contribution is 2.07. The second-order valence-electron chi connectivity index (χ2n) is 5.86. The van der Waals surface area contributed by atoms with Gasteiger partial charge in [0.25, 0.3) is 0 Å². The van der Waals surface area contributed by atoms with Gasteiger partial charge in [-0.25, -0.2) is 0 Å². The number of Topliss-reactive ketones (excluding diaryl/α,β-unsaturated/α-hetero) is 1. The van der Waals surface area contributed by atoms with Crippen LogP contribution in [0.25, 0.3) is 0 Å². The van der Waals surface area contributed by atoms with Crippen LogP contribution < -0.4 is 22.1 Å². The van der Waals surface area contributed by atoms with Crippen molar-refractivity contribution >= 4 is 17.6 Å². The second-order valence-corrected chi connectivity index (χ2v) is 5.86. The average Bonchev–Trinajstić information content (AvgIpc) is 2.65. The molecule has 0 saturated heterocycles. The molecule has 0 saturated carbocycles. The third-order valence-corrected chi connectivity index (χ3v) is 3.49. The van der Waals surface area contributed by atoms with Gasteiger partial charge in [-0.2, -0.15) is 0 Å². The first-order valence-corrected chi connectivity index (χ1v) is 9.13. The molecule has 0 fully saturated rings. The monoisotopic (exact) mass is 384 g/mol. The van der Waals surface area contributed by atoms with E-state index in [4.69, 9.17) is 27.4 Å². The minimum atomic E-state index is -0.698. The molecular formula is C18H32N4O5. The van der Waals surface area contributed by atoms with Gasteiger partial charge in [-0.1, -0.05) is 18.8 Å². The largest absolute Gasteiger partial charge is 0.372 e. The standard InChI is InChI=1S/C18H32N4O5/c1-2-10-21-18(25)16(22-17(24)14-27-12-9-20)7-5-3-4-6-15(23)13-26-11-8-19/h1,16H,3-14,19-20H2,(H,21,25)(H,22,24)/t16-/m0/s1. The smallest absolute Gasteiger partial charge is 0.246 e. The van der Waals surface area contributed by atoms with Crippen molar-refractivity contribution in [3.63, 3.8) is 0 Å². The van der Waals surface area contributed by atoms with Crippen molar-refractivity contribution in [1.82, 2.24) is 10.6 Å². The molecule has 1 atom stereocenters. The van der Waals surface area contributed by atoms with Crippen LogP contribution in [0.1, 0.15) is 32.1 Å². The van der Waals surface area contributed by atoms with Gasteiger partial charge in [-0.05, 0) is 12.8 Å². The number of hydrogen-bond acceptors (Lipinski definition) is 7. The lowest BCUT2D eigenvalue weighted by atomic mass is 10.1. The molecule has 0 bridgehead atoms. The summed E-state index contributed by atoms with van der Waals surface area (Å²) in [5.74, 6) is 1.61. The molecule has 0 aromatic heterocycles. The summed E-state index contributed by atoms with van der Waals surface area (Å²) in [6.07, 6.45) is 8.11. The van der Waals surface area contributed by atoms with Gasteiger partial charge in [-0.15, -0.1) is 6.42 Å². The topological polar surface area (TPSA) is 146 Å². The molecule has 9 nitrogen and oxygen atoms in total. The summed E-state index contributed by atoms with van der Waals surface area (Å²) in [5, 5.41) is 5.20. The van der Waals surface area contributed by atoms with Crippen LogP contribution in [0.5, 0.6) is 0 Å². The van der Waals surface area contributed by atoms with Gasteiger partial charge in [0.2, 0.25) is 11.8 Å². The highest BCUT2D eigenvalue weighted by molar-refractivity contribution is 5.88. The number of unbranched alkanes of at least 4 members (excludes halogenated alkanes) is 2. The zero-order valence-corrected chi connectivity index (χ0v) is 15.8. The zero-order valence-electron chi connectivity index (χ0n) is 15.8. The van der Waals surface area contributed by atoms with Crippen molar-refractivity contribution < 1.29 is 23.9 Å². The lowest BCUT2D eigenvalue weighted by Crippen LogP contribution is -2.48. The van der Waals surface area contributed by atoms with Gasteiger partial charge in [-0.3, -0.25) is 14.4 Å². The Bertz CT molecular complexity index is 479. The molecule has 9 heteroatoms. The molecule has 0 radical (unpaired) electrons. The van der Waals surface area contributed by atoms with Crippen LogP contribution in [0.3, 0.4) is 0 Å². The maximum absolute atomic E-state index is 12.1. The number of ether oxygens (including phenoxy) is 2. The van der Waals surface area contributed by atoms with Crippen LogP contribution in [0.2, 0.25) is 0 Å². The molecule has 6 N–H and O–H groups in total. The molecule has 0 unspecified atom stereocenters. The Morgan fingerprint density at radius 1 is 1.00 bits per heavy atom. The highest BCUT2D eigenvalue weighted by Gasteiger charge is 2.20. The average molecular weight is 384 g/mol. The van der Waals surface area contributed by atoms with E-state index in [0.29, 0.717) is 45.4 Å². The van der Waals surface area contributed by atoms with E-state index in [1.54, 1.807) is 0 Å². The summed E-state index contributed by atoms with van der Waals surface area (Å²) < 4.78 is 10.1. The summed E-state index contributed by atoms with van der Waals surface area (Å²) in [5.41, 5.74) is 10.6. The van der Waals surface area contributed by atoms with Crippen molar-refractivity contribution in [2.75, 3.05) is 46.1 Å². The number of nitrogens with one attached hydrogen (secondary N) is 2. The molecule has 0 aliphatic rings. The summed E-state index contributed by atoms with van der Waals surface area (Å²) in [4.78, 5) is 35.6. The Kier molecular flexibility index (Phi) is 16.1. The second kappa shape index (κ2) is 17.4. The first-order valence-electron chi connectivity index (χ1n) is 9.13. The van der Waals surface area contributed by atoms with E-state index in [1.165, 1.54) is 0 Å². The number of amides is 2. The summed E-state index contributed by atoms with van der Waals surface area (Å²) in [7, 11) is 0. The zero-order chi connectivity index (χ0) is 20.3. The van der Waals surface area contributed by atoms with Gasteiger partial charge in [0.15, 0.2) is 5.78 Å². The van der Waals surface area contributed by atoms with Crippen molar-refractivity contribution in [2.24, 2.45) is 11.5 Å². The lowest BCUT2D eigenvalue weighted by Gasteiger charge is -2.18. The maximum Gasteiger partial charge on any atom is 0.246 e. The van der Waals surface area contributed by atoms with Gasteiger partial charge in [0, 0.05) is 19.5 Å². The van der Waals surface area contributed by atoms with E-state index in [9.17, 15) is 14.4 Å². The minimum Gasteiger partial charge on any atom is -0.372 e. The van der Waals surface area contributed by atoms with Crippen LogP contribution in [0.4, 0.5) is 0 Å². The number of rotatable bonds is 17. The van der Waals surface area contributed by atoms with Crippen molar-refractivity contribution in [2.45, 2.75) is 38.1 Å². The Balaban J connectivity index is 4.19. The molecule has 154 valence electrons. The number of carbonyl (C=O) groups is 3. The first kappa shape index (κ1) is 25.0. The van der Waals surface area contributed by atoms with Gasteiger partial charge in [0.1, 0.15) is 19.3 Å². The molecule has 0 heterocycles. The van der Waals surface area contributed by atoms with Crippen molar-refractivity contribution in [3.05, 3.63) is 0 Å². The number of ketones is 1. The molecule has 2 amide bonds. The van der Waals surface area contributed by atoms with Crippen LogP contribution in [0, 0.1) is 12.3 Å². The predicted molar refractivity (Wildman–Crippen MR) is 102 cm³/mol. The summed E-state index contributed by atoms with van der Waals surface area (Å²) in [6.45, 7) is 1.35. The Morgan fingerprint density at radius 2 is 1.67 bits per heavy atom. The SMILES string of the molecule is C#CCNC(=O)[C@H](CCCCCC(=O)COCCN)NC(=O)COCCN. The normalized spacial score (nSPS) is 11.4. The Labute approximate surface area is 160 Å². The number of terminal acetylenes is 1. The van der Waals surface area contributed by atoms with Crippen LogP contribution in [-0.4, -0.2) is 69.7 Å². The fourth-order valence-corrected chi connectivity index (χ4v) is 2.20. The van der Waals surface area contributed by atoms with E-state index in [-0.39, 0.29) is 38.1 Å². The Hall–Kier alpha value is -1.99. The van der Waals surface area contributed by atoms with E-state index >= 15 is 0 Å². The lowest BCUT2D eigenvalue weighted by molar-refractivity contribution is -0.131. The highest BCUT2D eigenvalue weighted by atomic mass is 16.5. The third-order valence-electron chi connectivity index (χ3n) is 3.49. The minimum absolute atomic E-state index is 0.0251. The van der Waals surface area contributed by atoms with Crippen molar-refractivity contribution in [3.8, 4) is 12.3 Å². The van der Waals surface area contributed by atoms with Gasteiger partial charge >= 0.3 is 0 Å². The molecular weight excluding hydrogens is 352 g/mol. The number of carbonyl (C=O) groups excluding carboxylic acids is 3. The molecule has 0 spiro atoms. The fourth-order valence-electron chi connectivity index (χ4n) is 2.20. The van der Waals surface area contributed by atoms with Crippen LogP contribution in [0.15, 0.2) is 0 Å². The van der Waals surface area contributed by atoms with Crippen molar-refractivity contribution in [1.29, 1.82) is 0 Å². The number of hydrogen-bond donors (Lipinski definition) is 4. The first-order chi connectivity index (χ1) is 13.0. The maximum atomic E-state index is 12.1. The predicted octanol–water partition coefficient (Wildman–Crippen LogP) is -1.31. The summed E-state index contributed by atoms with van der Waals surface area (Å²) in [6, 6.07) is -0.698. The van der Waals surface area contributed by atoms with E-state index in [1.807, 2.05) is 0 Å². The summed E-state index contributed by atoms with van der Waals surface area (Å²) >= 11 is 0. The number of nitrogens with two attached hydrogens (primary N) is 2. The molecule has 0 aliphatic heterocycles. The van der Waals surface area contributed by atoms with Crippen LogP contribution in [-0.2, 0) is 23.9 Å². The Morgan fingerprint density at radius 3 is 2.30 bits per heavy atom. The van der Waals surface area contributed by atoms with E-state index < -0.39 is 11.9 Å². The molecule has 27 heavy (non-hydrogen) atoms. The quantitative estimate of drug-likeness (QED) is 0.180. The van der Waals surface area contributed by atoms with Gasteiger partial charge < -0.3 is 31.6 Å². The molecule has 0 rings (SSSR count). The molecule has 0 aliphatic carbocycles.